The number of benzene rings is 2. The Kier molecular flexibility index (Phi) is 9.44. The van der Waals surface area contributed by atoms with E-state index in [1.807, 2.05) is 24.3 Å². The van der Waals surface area contributed by atoms with Gasteiger partial charge in [-0.25, -0.2) is 8.42 Å². The highest BCUT2D eigenvalue weighted by molar-refractivity contribution is 9.10. The number of aliphatic carboxylic acids is 1. The van der Waals surface area contributed by atoms with Crippen LogP contribution in [0.1, 0.15) is 25.7 Å². The van der Waals surface area contributed by atoms with Crippen molar-refractivity contribution in [2.75, 3.05) is 6.54 Å². The molecule has 0 spiro atoms. The molecule has 0 saturated carbocycles. The van der Waals surface area contributed by atoms with E-state index in [9.17, 15) is 36.3 Å². The molecule has 3 N–H and O–H groups in total. The Morgan fingerprint density at radius 1 is 0.970 bits per heavy atom. The Morgan fingerprint density at radius 2 is 1.52 bits per heavy atom. The second-order valence-electron chi connectivity index (χ2n) is 7.18. The van der Waals surface area contributed by atoms with E-state index in [1.165, 1.54) is 12.1 Å². The lowest BCUT2D eigenvalue weighted by Gasteiger charge is -2.15. The highest BCUT2D eigenvalue weighted by Gasteiger charge is 2.31. The van der Waals surface area contributed by atoms with Crippen molar-refractivity contribution in [2.45, 2.75) is 42.8 Å². The summed E-state index contributed by atoms with van der Waals surface area (Å²) in [7, 11) is -4.12. The first kappa shape index (κ1) is 26.8. The predicted octanol–water partition coefficient (Wildman–Crippen LogP) is 4.09. The third-order valence-electron chi connectivity index (χ3n) is 4.54. The molecule has 1 unspecified atom stereocenters. The van der Waals surface area contributed by atoms with Gasteiger partial charge in [-0.15, -0.1) is 0 Å². The van der Waals surface area contributed by atoms with Crippen molar-refractivity contribution < 1.29 is 36.3 Å². The maximum absolute atomic E-state index is 12.6. The van der Waals surface area contributed by atoms with Gasteiger partial charge in [-0.1, -0.05) is 40.2 Å². The SMILES string of the molecule is O=C(CC(F)(F)F)NCCCCC(NS(=O)(=O)c1ccc(-c2ccc(Br)cc2)cc1)C(=O)O. The summed E-state index contributed by atoms with van der Waals surface area (Å²) in [6.07, 6.45) is -5.93. The molecule has 0 saturated heterocycles. The molecule has 2 aromatic carbocycles. The molecule has 12 heteroatoms. The van der Waals surface area contributed by atoms with Crippen LogP contribution in [0.5, 0.6) is 0 Å². The third kappa shape index (κ3) is 9.14. The van der Waals surface area contributed by atoms with Gasteiger partial charge in [0.2, 0.25) is 15.9 Å². The van der Waals surface area contributed by atoms with Crippen LogP contribution in [-0.4, -0.2) is 44.2 Å². The third-order valence-corrected chi connectivity index (χ3v) is 6.56. The maximum Gasteiger partial charge on any atom is 0.397 e. The van der Waals surface area contributed by atoms with Crippen LogP contribution in [0.3, 0.4) is 0 Å². The number of alkyl halides is 3. The van der Waals surface area contributed by atoms with Crippen LogP contribution in [0, 0.1) is 0 Å². The number of nitrogens with one attached hydrogen (secondary N) is 2. The molecule has 33 heavy (non-hydrogen) atoms. The number of carbonyl (C=O) groups excluding carboxylic acids is 1. The molecule has 0 bridgehead atoms. The second kappa shape index (κ2) is 11.6. The zero-order valence-corrected chi connectivity index (χ0v) is 19.6. The van der Waals surface area contributed by atoms with E-state index in [2.05, 4.69) is 26.0 Å². The molecule has 0 radical (unpaired) electrons. The van der Waals surface area contributed by atoms with E-state index in [0.29, 0.717) is 0 Å². The van der Waals surface area contributed by atoms with E-state index in [0.717, 1.165) is 15.6 Å². The van der Waals surface area contributed by atoms with Crippen LogP contribution < -0.4 is 10.0 Å². The normalized spacial score (nSPS) is 12.8. The maximum atomic E-state index is 12.6. The van der Waals surface area contributed by atoms with Gasteiger partial charge in [-0.2, -0.15) is 17.9 Å². The lowest BCUT2D eigenvalue weighted by Crippen LogP contribution is -2.40. The molecule has 2 aromatic rings. The molecule has 2 rings (SSSR count). The summed E-state index contributed by atoms with van der Waals surface area (Å²) >= 11 is 3.34. The Morgan fingerprint density at radius 3 is 2.03 bits per heavy atom. The summed E-state index contributed by atoms with van der Waals surface area (Å²) < 4.78 is 64.6. The average molecular weight is 551 g/mol. The first-order valence-electron chi connectivity index (χ1n) is 9.82. The van der Waals surface area contributed by atoms with Crippen molar-refractivity contribution in [3.63, 3.8) is 0 Å². The Labute approximate surface area is 197 Å². The van der Waals surface area contributed by atoms with Crippen molar-refractivity contribution in [2.24, 2.45) is 0 Å². The van der Waals surface area contributed by atoms with Crippen LogP contribution in [0.4, 0.5) is 13.2 Å². The second-order valence-corrected chi connectivity index (χ2v) is 9.81. The van der Waals surface area contributed by atoms with Gasteiger partial charge in [-0.3, -0.25) is 9.59 Å². The van der Waals surface area contributed by atoms with Crippen molar-refractivity contribution >= 4 is 37.8 Å². The largest absolute Gasteiger partial charge is 0.480 e. The number of sulfonamides is 1. The number of carbonyl (C=O) groups is 2. The van der Waals surface area contributed by atoms with Gasteiger partial charge in [0.25, 0.3) is 0 Å². The van der Waals surface area contributed by atoms with E-state index in [4.69, 9.17) is 0 Å². The number of carboxylic acid groups (broad SMARTS) is 1. The summed E-state index contributed by atoms with van der Waals surface area (Å²) in [6.45, 7) is -0.0779. The molecule has 0 aliphatic carbocycles. The molecule has 0 aromatic heterocycles. The summed E-state index contributed by atoms with van der Waals surface area (Å²) in [6, 6.07) is 11.9. The minimum Gasteiger partial charge on any atom is -0.480 e. The number of hydrogen-bond acceptors (Lipinski definition) is 4. The smallest absolute Gasteiger partial charge is 0.397 e. The fraction of sp³-hybridized carbons (Fsp3) is 0.333. The number of hydrogen-bond donors (Lipinski definition) is 3. The van der Waals surface area contributed by atoms with Crippen molar-refractivity contribution in [1.29, 1.82) is 0 Å². The topological polar surface area (TPSA) is 113 Å². The number of rotatable bonds is 11. The highest BCUT2D eigenvalue weighted by Crippen LogP contribution is 2.23. The first-order chi connectivity index (χ1) is 15.4. The predicted molar refractivity (Wildman–Crippen MR) is 119 cm³/mol. The van der Waals surface area contributed by atoms with E-state index >= 15 is 0 Å². The van der Waals surface area contributed by atoms with Crippen LogP contribution in [-0.2, 0) is 19.6 Å². The van der Waals surface area contributed by atoms with Gasteiger partial charge in [0.05, 0.1) is 4.90 Å². The first-order valence-corrected chi connectivity index (χ1v) is 12.1. The Balaban J connectivity index is 1.91. The molecule has 0 aliphatic rings. The van der Waals surface area contributed by atoms with Crippen LogP contribution in [0.15, 0.2) is 57.9 Å². The lowest BCUT2D eigenvalue weighted by molar-refractivity contribution is -0.153. The number of halogens is 4. The van der Waals surface area contributed by atoms with Gasteiger partial charge in [0.15, 0.2) is 0 Å². The summed E-state index contributed by atoms with van der Waals surface area (Å²) in [4.78, 5) is 22.5. The van der Waals surface area contributed by atoms with E-state index in [-0.39, 0.29) is 30.7 Å². The molecule has 0 heterocycles. The fourth-order valence-corrected chi connectivity index (χ4v) is 4.39. The molecule has 180 valence electrons. The summed E-state index contributed by atoms with van der Waals surface area (Å²) in [5.41, 5.74) is 1.66. The van der Waals surface area contributed by atoms with Crippen molar-refractivity contribution in [3.8, 4) is 11.1 Å². The van der Waals surface area contributed by atoms with E-state index in [1.54, 1.807) is 12.1 Å². The van der Waals surface area contributed by atoms with E-state index < -0.39 is 40.5 Å². The quantitative estimate of drug-likeness (QED) is 0.365. The monoisotopic (exact) mass is 550 g/mol. The standard InChI is InChI=1S/C21H22BrF3N2O5S/c22-16-8-4-14(5-9-16)15-6-10-17(11-7-15)33(31,32)27-18(20(29)30)3-1-2-12-26-19(28)13-21(23,24)25/h4-11,18,27H,1-3,12-13H2,(H,26,28)(H,29,30). The van der Waals surface area contributed by atoms with Crippen molar-refractivity contribution in [1.82, 2.24) is 10.0 Å². The van der Waals surface area contributed by atoms with Gasteiger partial charge < -0.3 is 10.4 Å². The van der Waals surface area contributed by atoms with Gasteiger partial charge in [-0.05, 0) is 54.7 Å². The van der Waals surface area contributed by atoms with Crippen LogP contribution in [0.2, 0.25) is 0 Å². The zero-order valence-electron chi connectivity index (χ0n) is 17.2. The number of carboxylic acids is 1. The number of amides is 1. The summed E-state index contributed by atoms with van der Waals surface area (Å²) in [5, 5.41) is 11.4. The van der Waals surface area contributed by atoms with Crippen molar-refractivity contribution in [3.05, 3.63) is 53.0 Å². The molecule has 1 amide bonds. The van der Waals surface area contributed by atoms with Crippen LogP contribution in [0.25, 0.3) is 11.1 Å². The van der Waals surface area contributed by atoms with Gasteiger partial charge in [0.1, 0.15) is 12.5 Å². The van der Waals surface area contributed by atoms with Gasteiger partial charge >= 0.3 is 12.1 Å². The van der Waals surface area contributed by atoms with Gasteiger partial charge in [0, 0.05) is 11.0 Å². The minimum atomic E-state index is -4.60. The minimum absolute atomic E-state index is 0.0779. The fourth-order valence-electron chi connectivity index (χ4n) is 2.90. The number of unbranched alkanes of at least 4 members (excludes halogenated alkanes) is 1. The molecular formula is C21H22BrF3N2O5S. The highest BCUT2D eigenvalue weighted by atomic mass is 79.9. The molecule has 1 atom stereocenters. The summed E-state index contributed by atoms with van der Waals surface area (Å²) in [5.74, 6) is -2.56. The van der Waals surface area contributed by atoms with Crippen LogP contribution >= 0.6 is 15.9 Å². The average Bonchev–Trinajstić information content (AvgIpc) is 2.72. The Hall–Kier alpha value is -2.44. The Bertz CT molecular complexity index is 1060. The lowest BCUT2D eigenvalue weighted by atomic mass is 10.1. The zero-order chi connectivity index (χ0) is 24.6. The molecular weight excluding hydrogens is 529 g/mol. The molecule has 0 fully saturated rings. The molecule has 0 aliphatic heterocycles. The molecule has 7 nitrogen and oxygen atoms in total.